The number of rotatable bonds is 6. The van der Waals surface area contributed by atoms with Crippen molar-refractivity contribution < 1.29 is 14.0 Å². The van der Waals surface area contributed by atoms with Gasteiger partial charge in [-0.25, -0.2) is 4.98 Å². The highest BCUT2D eigenvalue weighted by Gasteiger charge is 2.11. The Morgan fingerprint density at radius 2 is 1.74 bits per heavy atom. The van der Waals surface area contributed by atoms with Crippen molar-refractivity contribution in [3.8, 4) is 11.5 Å². The van der Waals surface area contributed by atoms with Crippen molar-refractivity contribution in [3.05, 3.63) is 77.7 Å². The Kier molecular flexibility index (Phi) is 5.66. The summed E-state index contributed by atoms with van der Waals surface area (Å²) in [5.74, 6) is 0.307. The predicted molar refractivity (Wildman–Crippen MR) is 102 cm³/mol. The van der Waals surface area contributed by atoms with Gasteiger partial charge in [-0.05, 0) is 29.8 Å². The van der Waals surface area contributed by atoms with Crippen molar-refractivity contribution in [2.75, 3.05) is 14.1 Å². The van der Waals surface area contributed by atoms with Crippen LogP contribution in [0.3, 0.4) is 0 Å². The average Bonchev–Trinajstić information content (AvgIpc) is 3.15. The minimum absolute atomic E-state index is 0.0501. The molecule has 0 aliphatic heterocycles. The highest BCUT2D eigenvalue weighted by atomic mass is 16.3. The lowest BCUT2D eigenvalue weighted by molar-refractivity contribution is -0.120. The summed E-state index contributed by atoms with van der Waals surface area (Å²) in [5, 5.41) is 2.85. The molecule has 1 heterocycles. The zero-order valence-corrected chi connectivity index (χ0v) is 15.3. The Labute approximate surface area is 157 Å². The van der Waals surface area contributed by atoms with E-state index in [1.807, 2.05) is 42.5 Å². The topological polar surface area (TPSA) is 75.4 Å². The minimum atomic E-state index is -0.142. The third-order valence-electron chi connectivity index (χ3n) is 4.01. The fraction of sp³-hybridized carbons (Fsp3) is 0.190. The number of nitrogens with one attached hydrogen (secondary N) is 1. The normalized spacial score (nSPS) is 10.4. The number of carbonyl (C=O) groups is 2. The van der Waals surface area contributed by atoms with E-state index in [1.165, 1.54) is 11.2 Å². The summed E-state index contributed by atoms with van der Waals surface area (Å²) in [5.41, 5.74) is 2.99. The Bertz CT molecular complexity index is 915. The maximum absolute atomic E-state index is 12.1. The predicted octanol–water partition coefficient (Wildman–Crippen LogP) is 2.90. The zero-order valence-electron chi connectivity index (χ0n) is 15.3. The van der Waals surface area contributed by atoms with Gasteiger partial charge in [-0.2, -0.15) is 0 Å². The van der Waals surface area contributed by atoms with Gasteiger partial charge in [0.1, 0.15) is 6.26 Å². The first-order chi connectivity index (χ1) is 13.0. The van der Waals surface area contributed by atoms with Gasteiger partial charge in [-0.15, -0.1) is 0 Å². The summed E-state index contributed by atoms with van der Waals surface area (Å²) in [6, 6.07) is 16.7. The number of hydrogen-bond donors (Lipinski definition) is 1. The van der Waals surface area contributed by atoms with Crippen molar-refractivity contribution in [2.45, 2.75) is 13.0 Å². The molecule has 6 heteroatoms. The number of oxazole rings is 1. The van der Waals surface area contributed by atoms with Crippen LogP contribution < -0.4 is 5.32 Å². The van der Waals surface area contributed by atoms with Gasteiger partial charge in [-0.3, -0.25) is 9.59 Å². The molecule has 0 radical (unpaired) electrons. The first-order valence-corrected chi connectivity index (χ1v) is 8.60. The molecule has 0 bridgehead atoms. The van der Waals surface area contributed by atoms with E-state index in [-0.39, 0.29) is 18.2 Å². The largest absolute Gasteiger partial charge is 0.444 e. The zero-order chi connectivity index (χ0) is 19.2. The third-order valence-corrected chi connectivity index (χ3v) is 4.01. The van der Waals surface area contributed by atoms with E-state index in [0.717, 1.165) is 11.1 Å². The molecule has 0 aliphatic carbocycles. The molecule has 0 spiro atoms. The summed E-state index contributed by atoms with van der Waals surface area (Å²) < 4.78 is 5.44. The Balaban J connectivity index is 1.53. The summed E-state index contributed by atoms with van der Waals surface area (Å²) in [7, 11) is 3.42. The quantitative estimate of drug-likeness (QED) is 0.731. The lowest BCUT2D eigenvalue weighted by Gasteiger charge is -2.10. The Hall–Kier alpha value is -3.41. The molecule has 27 heavy (non-hydrogen) atoms. The van der Waals surface area contributed by atoms with Gasteiger partial charge in [0.25, 0.3) is 5.91 Å². The Morgan fingerprint density at radius 3 is 2.41 bits per heavy atom. The third kappa shape index (κ3) is 4.82. The lowest BCUT2D eigenvalue weighted by Crippen LogP contribution is -2.25. The van der Waals surface area contributed by atoms with Crippen LogP contribution in [0.5, 0.6) is 0 Å². The van der Waals surface area contributed by atoms with E-state index in [2.05, 4.69) is 10.3 Å². The molecule has 138 valence electrons. The van der Waals surface area contributed by atoms with Crippen LogP contribution in [0.4, 0.5) is 0 Å². The number of nitrogens with zero attached hydrogens (tertiary/aromatic N) is 2. The molecule has 0 atom stereocenters. The van der Waals surface area contributed by atoms with Crippen molar-refractivity contribution in [3.63, 3.8) is 0 Å². The molecule has 0 aliphatic rings. The van der Waals surface area contributed by atoms with Crippen LogP contribution in [-0.4, -0.2) is 35.8 Å². The van der Waals surface area contributed by atoms with Gasteiger partial charge in [0.2, 0.25) is 11.8 Å². The molecule has 3 rings (SSSR count). The first-order valence-electron chi connectivity index (χ1n) is 8.60. The smallest absolute Gasteiger partial charge is 0.253 e. The van der Waals surface area contributed by atoms with Gasteiger partial charge < -0.3 is 14.6 Å². The van der Waals surface area contributed by atoms with E-state index in [9.17, 15) is 9.59 Å². The SMILES string of the molecule is CN(C)C(=O)c1ccc(CNC(=O)Cc2coc(-c3ccccc3)n2)cc1. The van der Waals surface area contributed by atoms with E-state index in [4.69, 9.17) is 4.42 Å². The molecule has 1 aromatic heterocycles. The van der Waals surface area contributed by atoms with Crippen LogP contribution in [0.2, 0.25) is 0 Å². The molecule has 3 aromatic rings. The maximum Gasteiger partial charge on any atom is 0.253 e. The van der Waals surface area contributed by atoms with Crippen LogP contribution in [0.25, 0.3) is 11.5 Å². The van der Waals surface area contributed by atoms with Crippen molar-refractivity contribution in [2.24, 2.45) is 0 Å². The van der Waals surface area contributed by atoms with Gasteiger partial charge in [-0.1, -0.05) is 30.3 Å². The second-order valence-electron chi connectivity index (χ2n) is 6.36. The van der Waals surface area contributed by atoms with E-state index < -0.39 is 0 Å². The summed E-state index contributed by atoms with van der Waals surface area (Å²) >= 11 is 0. The number of carbonyl (C=O) groups excluding carboxylic acids is 2. The van der Waals surface area contributed by atoms with Crippen LogP contribution in [0.15, 0.2) is 65.3 Å². The van der Waals surface area contributed by atoms with E-state index in [0.29, 0.717) is 23.7 Å². The molecule has 6 nitrogen and oxygen atoms in total. The number of aromatic nitrogens is 1. The minimum Gasteiger partial charge on any atom is -0.444 e. The number of hydrogen-bond acceptors (Lipinski definition) is 4. The van der Waals surface area contributed by atoms with Gasteiger partial charge in [0.05, 0.1) is 12.1 Å². The molecule has 0 fully saturated rings. The highest BCUT2D eigenvalue weighted by molar-refractivity contribution is 5.93. The summed E-state index contributed by atoms with van der Waals surface area (Å²) in [6.45, 7) is 0.388. The molecular formula is C21H21N3O3. The van der Waals surface area contributed by atoms with E-state index >= 15 is 0 Å². The fourth-order valence-corrected chi connectivity index (χ4v) is 2.55. The first kappa shape index (κ1) is 18.4. The lowest BCUT2D eigenvalue weighted by atomic mass is 10.1. The van der Waals surface area contributed by atoms with Crippen LogP contribution in [0, 0.1) is 0 Å². The maximum atomic E-state index is 12.1. The fourth-order valence-electron chi connectivity index (χ4n) is 2.55. The van der Waals surface area contributed by atoms with Crippen LogP contribution >= 0.6 is 0 Å². The molecule has 1 N–H and O–H groups in total. The van der Waals surface area contributed by atoms with Crippen LogP contribution in [-0.2, 0) is 17.8 Å². The standard InChI is InChI=1S/C21H21N3O3/c1-24(2)21(26)17-10-8-15(9-11-17)13-22-19(25)12-18-14-27-20(23-18)16-6-4-3-5-7-16/h3-11,14H,12-13H2,1-2H3,(H,22,25). The van der Waals surface area contributed by atoms with Gasteiger partial charge in [0.15, 0.2) is 0 Å². The molecule has 0 saturated carbocycles. The Morgan fingerprint density at radius 1 is 1.04 bits per heavy atom. The van der Waals surface area contributed by atoms with Gasteiger partial charge in [0, 0.05) is 31.8 Å². The average molecular weight is 363 g/mol. The van der Waals surface area contributed by atoms with E-state index in [1.54, 1.807) is 26.2 Å². The molecule has 0 saturated heterocycles. The van der Waals surface area contributed by atoms with Crippen molar-refractivity contribution >= 4 is 11.8 Å². The second-order valence-corrected chi connectivity index (χ2v) is 6.36. The number of amides is 2. The van der Waals surface area contributed by atoms with Crippen molar-refractivity contribution in [1.29, 1.82) is 0 Å². The summed E-state index contributed by atoms with van der Waals surface area (Å²) in [4.78, 5) is 29.9. The molecule has 0 unspecified atom stereocenters. The molecular weight excluding hydrogens is 342 g/mol. The van der Waals surface area contributed by atoms with Crippen molar-refractivity contribution in [1.82, 2.24) is 15.2 Å². The van der Waals surface area contributed by atoms with Crippen LogP contribution in [0.1, 0.15) is 21.6 Å². The molecule has 2 aromatic carbocycles. The second kappa shape index (κ2) is 8.31. The monoisotopic (exact) mass is 363 g/mol. The number of benzene rings is 2. The highest BCUT2D eigenvalue weighted by Crippen LogP contribution is 2.18. The van der Waals surface area contributed by atoms with Gasteiger partial charge >= 0.3 is 0 Å². The summed E-state index contributed by atoms with van der Waals surface area (Å²) in [6.07, 6.45) is 1.65. The molecule has 2 amide bonds.